The average Bonchev–Trinajstić information content (AvgIpc) is 2.94. The molecule has 0 aliphatic rings. The van der Waals surface area contributed by atoms with Crippen LogP contribution in [-0.2, 0) is 6.42 Å². The second-order valence-electron chi connectivity index (χ2n) is 5.19. The van der Waals surface area contributed by atoms with Gasteiger partial charge >= 0.3 is 0 Å². The Morgan fingerprint density at radius 2 is 2.10 bits per heavy atom. The molecule has 0 aliphatic carbocycles. The highest BCUT2D eigenvalue weighted by Gasteiger charge is 2.19. The van der Waals surface area contributed by atoms with E-state index in [0.717, 1.165) is 23.3 Å². The maximum Gasteiger partial charge on any atom is 0.260 e. The zero-order valence-electron chi connectivity index (χ0n) is 12.2. The van der Waals surface area contributed by atoms with Gasteiger partial charge in [-0.2, -0.15) is 0 Å². The maximum absolute atomic E-state index is 12.6. The molecule has 1 aromatic heterocycles. The van der Waals surface area contributed by atoms with Crippen molar-refractivity contribution in [2.75, 3.05) is 11.9 Å². The second-order valence-corrected chi connectivity index (χ2v) is 6.18. The van der Waals surface area contributed by atoms with E-state index in [4.69, 9.17) is 0 Å². The van der Waals surface area contributed by atoms with Gasteiger partial charge in [0.15, 0.2) is 10.1 Å². The Labute approximate surface area is 127 Å². The molecule has 21 heavy (non-hydrogen) atoms. The molecule has 0 aliphatic heterocycles. The molecule has 0 spiro atoms. The third-order valence-corrected chi connectivity index (χ3v) is 3.99. The first-order chi connectivity index (χ1) is 10.0. The van der Waals surface area contributed by atoms with Crippen LogP contribution in [0.3, 0.4) is 0 Å². The number of carbonyl (C=O) groups is 1. The Hall–Kier alpha value is -2.08. The fourth-order valence-electron chi connectivity index (χ4n) is 2.07. The van der Waals surface area contributed by atoms with Gasteiger partial charge in [0.25, 0.3) is 5.91 Å². The second kappa shape index (κ2) is 6.58. The molecule has 1 aromatic carbocycles. The highest BCUT2D eigenvalue weighted by molar-refractivity contribution is 7.19. The number of carbonyl (C=O) groups excluding carboxylic acids is 1. The van der Waals surface area contributed by atoms with E-state index in [1.54, 1.807) is 7.05 Å². The van der Waals surface area contributed by atoms with Gasteiger partial charge in [-0.15, -0.1) is 4.91 Å². The molecule has 0 bridgehead atoms. The molecular formula is C15H17N3O2S. The lowest BCUT2D eigenvalue weighted by Gasteiger charge is -2.17. The van der Waals surface area contributed by atoms with Gasteiger partial charge in [0.2, 0.25) is 0 Å². The van der Waals surface area contributed by atoms with E-state index in [1.165, 1.54) is 11.1 Å². The summed E-state index contributed by atoms with van der Waals surface area (Å²) in [6.45, 7) is 4.24. The Kier molecular flexibility index (Phi) is 4.80. The number of nitrogens with zero attached hydrogens (tertiary/aromatic N) is 3. The number of amides is 1. The van der Waals surface area contributed by atoms with E-state index in [9.17, 15) is 9.70 Å². The zero-order valence-corrected chi connectivity index (χ0v) is 13.1. The van der Waals surface area contributed by atoms with Gasteiger partial charge in [-0.3, -0.25) is 9.69 Å². The lowest BCUT2D eigenvalue weighted by atomic mass is 9.97. The molecule has 0 N–H and O–H groups in total. The minimum Gasteiger partial charge on any atom is -0.287 e. The highest BCUT2D eigenvalue weighted by Crippen LogP contribution is 2.29. The van der Waals surface area contributed by atoms with Crippen molar-refractivity contribution in [2.24, 2.45) is 11.1 Å². The van der Waals surface area contributed by atoms with Gasteiger partial charge in [-0.05, 0) is 29.1 Å². The van der Waals surface area contributed by atoms with Crippen molar-refractivity contribution in [3.05, 3.63) is 46.5 Å². The first-order valence-corrected chi connectivity index (χ1v) is 7.49. The normalized spacial score (nSPS) is 10.7. The first kappa shape index (κ1) is 15.3. The van der Waals surface area contributed by atoms with Crippen LogP contribution in [0.1, 0.15) is 29.8 Å². The maximum atomic E-state index is 12.6. The third kappa shape index (κ3) is 3.52. The lowest BCUT2D eigenvalue weighted by Crippen LogP contribution is -2.27. The standard InChI is InChI=1S/C15H17N3O2S/c1-10(2)8-11-6-4-5-7-12(11)14(19)18(3)15-16-9-13(17-20)21-15/h4-7,9-10H,8H2,1-3H3. The van der Waals surface area contributed by atoms with Gasteiger partial charge in [-0.25, -0.2) is 4.98 Å². The molecule has 6 heteroatoms. The summed E-state index contributed by atoms with van der Waals surface area (Å²) in [5.41, 5.74) is 1.69. The minimum absolute atomic E-state index is 0.127. The van der Waals surface area contributed by atoms with E-state index in [0.29, 0.717) is 16.6 Å². The number of rotatable bonds is 5. The van der Waals surface area contributed by atoms with Crippen molar-refractivity contribution in [1.82, 2.24) is 4.98 Å². The molecule has 5 nitrogen and oxygen atoms in total. The molecule has 1 heterocycles. The van der Waals surface area contributed by atoms with Gasteiger partial charge in [-0.1, -0.05) is 43.4 Å². The number of hydrogen-bond acceptors (Lipinski definition) is 5. The Morgan fingerprint density at radius 1 is 1.38 bits per heavy atom. The van der Waals surface area contributed by atoms with Crippen LogP contribution in [0.4, 0.5) is 10.1 Å². The molecule has 110 valence electrons. The Balaban J connectivity index is 2.28. The number of hydrogen-bond donors (Lipinski definition) is 0. The molecule has 1 amide bonds. The summed E-state index contributed by atoms with van der Waals surface area (Å²) < 4.78 is 0. The molecule has 2 aromatic rings. The van der Waals surface area contributed by atoms with Gasteiger partial charge in [0.1, 0.15) is 0 Å². The van der Waals surface area contributed by atoms with Crippen LogP contribution in [0.2, 0.25) is 0 Å². The molecule has 0 saturated carbocycles. The number of aromatic nitrogens is 1. The van der Waals surface area contributed by atoms with Crippen molar-refractivity contribution in [3.63, 3.8) is 0 Å². The van der Waals surface area contributed by atoms with E-state index in [1.807, 2.05) is 24.3 Å². The van der Waals surface area contributed by atoms with Crippen LogP contribution in [0.25, 0.3) is 0 Å². The topological polar surface area (TPSA) is 62.6 Å². The molecule has 0 saturated heterocycles. The monoisotopic (exact) mass is 303 g/mol. The number of thiazole rings is 1. The predicted octanol–water partition coefficient (Wildman–Crippen LogP) is 4.02. The van der Waals surface area contributed by atoms with E-state index >= 15 is 0 Å². The largest absolute Gasteiger partial charge is 0.287 e. The summed E-state index contributed by atoms with van der Waals surface area (Å²) in [6.07, 6.45) is 2.21. The van der Waals surface area contributed by atoms with Gasteiger partial charge < -0.3 is 0 Å². The number of anilines is 1. The summed E-state index contributed by atoms with van der Waals surface area (Å²) in [4.78, 5) is 28.6. The van der Waals surface area contributed by atoms with Gasteiger partial charge in [0.05, 0.1) is 6.20 Å². The van der Waals surface area contributed by atoms with Crippen LogP contribution in [0.5, 0.6) is 0 Å². The summed E-state index contributed by atoms with van der Waals surface area (Å²) in [5.74, 6) is 0.341. The van der Waals surface area contributed by atoms with E-state index in [-0.39, 0.29) is 10.9 Å². The van der Waals surface area contributed by atoms with E-state index in [2.05, 4.69) is 24.0 Å². The average molecular weight is 303 g/mol. The predicted molar refractivity (Wildman–Crippen MR) is 85.3 cm³/mol. The van der Waals surface area contributed by atoms with Crippen molar-refractivity contribution in [1.29, 1.82) is 0 Å². The van der Waals surface area contributed by atoms with Crippen molar-refractivity contribution in [2.45, 2.75) is 20.3 Å². The Morgan fingerprint density at radius 3 is 2.71 bits per heavy atom. The zero-order chi connectivity index (χ0) is 15.4. The number of nitroso groups, excluding NO2 is 1. The Bertz CT molecular complexity index is 652. The fraction of sp³-hybridized carbons (Fsp3) is 0.333. The fourth-order valence-corrected chi connectivity index (χ4v) is 2.72. The molecule has 0 atom stereocenters. The van der Waals surface area contributed by atoms with Crippen LogP contribution >= 0.6 is 11.3 Å². The molecule has 2 rings (SSSR count). The molecule has 0 fully saturated rings. The molecular weight excluding hydrogens is 286 g/mol. The van der Waals surface area contributed by atoms with Crippen LogP contribution in [0, 0.1) is 10.8 Å². The van der Waals surface area contributed by atoms with Crippen molar-refractivity contribution >= 4 is 27.4 Å². The van der Waals surface area contributed by atoms with Crippen LogP contribution < -0.4 is 4.90 Å². The minimum atomic E-state index is -0.127. The lowest BCUT2D eigenvalue weighted by molar-refractivity contribution is 0.0992. The third-order valence-electron chi connectivity index (χ3n) is 3.04. The van der Waals surface area contributed by atoms with Gasteiger partial charge in [0, 0.05) is 12.6 Å². The summed E-state index contributed by atoms with van der Waals surface area (Å²) in [5, 5.41) is 3.56. The number of benzene rings is 1. The quantitative estimate of drug-likeness (QED) is 0.784. The van der Waals surface area contributed by atoms with Crippen LogP contribution in [0.15, 0.2) is 35.6 Å². The summed E-state index contributed by atoms with van der Waals surface area (Å²) in [6, 6.07) is 7.59. The smallest absolute Gasteiger partial charge is 0.260 e. The summed E-state index contributed by atoms with van der Waals surface area (Å²) >= 11 is 1.10. The SMILES string of the molecule is CC(C)Cc1ccccc1C(=O)N(C)c1ncc(N=O)s1. The van der Waals surface area contributed by atoms with Crippen LogP contribution in [-0.4, -0.2) is 17.9 Å². The first-order valence-electron chi connectivity index (χ1n) is 6.68. The van der Waals surface area contributed by atoms with Crippen molar-refractivity contribution < 1.29 is 4.79 Å². The van der Waals surface area contributed by atoms with E-state index < -0.39 is 0 Å². The molecule has 0 unspecified atom stereocenters. The summed E-state index contributed by atoms with van der Waals surface area (Å²) in [7, 11) is 1.65. The molecule has 0 radical (unpaired) electrons. The highest BCUT2D eigenvalue weighted by atomic mass is 32.1. The van der Waals surface area contributed by atoms with Crippen molar-refractivity contribution in [3.8, 4) is 0 Å².